The summed E-state index contributed by atoms with van der Waals surface area (Å²) in [5.41, 5.74) is -3.42. The maximum absolute atomic E-state index is 14.4. The van der Waals surface area contributed by atoms with Gasteiger partial charge < -0.3 is 20.1 Å². The molecule has 1 saturated heterocycles. The Morgan fingerprint density at radius 3 is 2.50 bits per heavy atom. The summed E-state index contributed by atoms with van der Waals surface area (Å²) in [6, 6.07) is 0.376. The molecule has 112 valence electrons. The Labute approximate surface area is 107 Å². The molecule has 8 nitrogen and oxygen atoms in total. The molecule has 1 aromatic rings. The second kappa shape index (κ2) is 4.41. The van der Waals surface area contributed by atoms with Crippen molar-refractivity contribution in [1.82, 2.24) is 9.36 Å². The van der Waals surface area contributed by atoms with Crippen LogP contribution in [-0.2, 0) is 10.7 Å². The fraction of sp³-hybridized carbons (Fsp3) is 0.556. The van der Waals surface area contributed by atoms with Crippen molar-refractivity contribution in [1.29, 1.82) is 0 Å². The van der Waals surface area contributed by atoms with E-state index in [1.807, 2.05) is 0 Å². The molecule has 3 N–H and O–H groups in total. The van der Waals surface area contributed by atoms with Crippen molar-refractivity contribution < 1.29 is 33.3 Å². The molecule has 2 rings (SSSR count). The maximum Gasteiger partial charge on any atom is 0.364 e. The number of hydrogen-bond acceptors (Lipinski definition) is 6. The van der Waals surface area contributed by atoms with E-state index in [9.17, 15) is 33.1 Å². The molecule has 1 fully saturated rings. The van der Waals surface area contributed by atoms with Crippen LogP contribution in [0.4, 0.5) is 13.3 Å². The van der Waals surface area contributed by atoms with E-state index in [1.54, 1.807) is 0 Å². The number of aliphatic hydroxyl groups is 3. The lowest BCUT2D eigenvalue weighted by atomic mass is 10.1. The van der Waals surface area contributed by atoms with Gasteiger partial charge in [0.1, 0.15) is 12.2 Å². The molecule has 0 radical (unpaired) electrons. The van der Waals surface area contributed by atoms with Crippen LogP contribution in [0.2, 0.25) is 0 Å². The lowest BCUT2D eigenvalue weighted by Crippen LogP contribution is -2.56. The SMILES string of the molecule is O=c1ccn([C@]2(F)O[C@H](CO)[C@@H](O)[C@]2(O)F)c(=O)n1F. The molecule has 0 aliphatic carbocycles. The van der Waals surface area contributed by atoms with Crippen LogP contribution in [-0.4, -0.2) is 49.3 Å². The topological polar surface area (TPSA) is 114 Å². The molecule has 1 aliphatic rings. The van der Waals surface area contributed by atoms with Gasteiger partial charge >= 0.3 is 17.5 Å². The molecule has 0 bridgehead atoms. The van der Waals surface area contributed by atoms with Crippen LogP contribution in [0.15, 0.2) is 21.9 Å². The summed E-state index contributed by atoms with van der Waals surface area (Å²) in [6.45, 7) is -1.08. The van der Waals surface area contributed by atoms with Crippen LogP contribution in [0.3, 0.4) is 0 Å². The van der Waals surface area contributed by atoms with E-state index in [1.165, 1.54) is 0 Å². The second-order valence-electron chi connectivity index (χ2n) is 4.11. The normalized spacial score (nSPS) is 37.3. The Bertz CT molecular complexity index is 643. The van der Waals surface area contributed by atoms with Crippen molar-refractivity contribution in [3.05, 3.63) is 33.1 Å². The minimum absolute atomic E-state index is 0.345. The predicted octanol–water partition coefficient (Wildman–Crippen LogP) is -2.27. The summed E-state index contributed by atoms with van der Waals surface area (Å²) in [4.78, 5) is 21.2. The summed E-state index contributed by atoms with van der Waals surface area (Å²) in [6.07, 6.45) is -4.09. The van der Waals surface area contributed by atoms with E-state index in [0.717, 1.165) is 0 Å². The average Bonchev–Trinajstić information content (AvgIpc) is 2.57. The zero-order chi connectivity index (χ0) is 15.3. The average molecular weight is 298 g/mol. The first-order chi connectivity index (χ1) is 9.16. The molecule has 0 aromatic carbocycles. The molecule has 11 heteroatoms. The zero-order valence-corrected chi connectivity index (χ0v) is 9.61. The highest BCUT2D eigenvalue weighted by Gasteiger charge is 2.70. The van der Waals surface area contributed by atoms with E-state index in [0.29, 0.717) is 12.3 Å². The molecule has 1 aliphatic heterocycles. The van der Waals surface area contributed by atoms with Crippen molar-refractivity contribution >= 4 is 0 Å². The number of alkyl halides is 2. The Morgan fingerprint density at radius 2 is 2.00 bits per heavy atom. The monoisotopic (exact) mass is 298 g/mol. The van der Waals surface area contributed by atoms with E-state index >= 15 is 0 Å². The molecule has 0 unspecified atom stereocenters. The minimum Gasteiger partial charge on any atom is -0.394 e. The Kier molecular flexibility index (Phi) is 3.25. The highest BCUT2D eigenvalue weighted by Crippen LogP contribution is 2.45. The smallest absolute Gasteiger partial charge is 0.364 e. The molecule has 2 heterocycles. The fourth-order valence-electron chi connectivity index (χ4n) is 1.81. The number of hydrogen-bond donors (Lipinski definition) is 3. The van der Waals surface area contributed by atoms with Crippen LogP contribution in [0.25, 0.3) is 0 Å². The van der Waals surface area contributed by atoms with Crippen molar-refractivity contribution in [2.24, 2.45) is 0 Å². The summed E-state index contributed by atoms with van der Waals surface area (Å²) in [7, 11) is 0. The van der Waals surface area contributed by atoms with Gasteiger partial charge in [0.05, 0.1) is 6.61 Å². The van der Waals surface area contributed by atoms with Gasteiger partial charge in [0, 0.05) is 12.3 Å². The first-order valence-electron chi connectivity index (χ1n) is 5.25. The van der Waals surface area contributed by atoms with Gasteiger partial charge in [-0.3, -0.25) is 4.79 Å². The first-order valence-corrected chi connectivity index (χ1v) is 5.25. The van der Waals surface area contributed by atoms with Gasteiger partial charge in [-0.25, -0.2) is 13.8 Å². The predicted molar refractivity (Wildman–Crippen MR) is 54.6 cm³/mol. The Hall–Kier alpha value is -1.69. The number of halogens is 3. The number of ether oxygens (including phenoxy) is 1. The van der Waals surface area contributed by atoms with Gasteiger partial charge in [-0.1, -0.05) is 9.27 Å². The highest BCUT2D eigenvalue weighted by molar-refractivity contribution is 5.01. The molecule has 0 spiro atoms. The van der Waals surface area contributed by atoms with Crippen molar-refractivity contribution in [3.63, 3.8) is 0 Å². The number of rotatable bonds is 2. The van der Waals surface area contributed by atoms with Crippen molar-refractivity contribution in [3.8, 4) is 0 Å². The van der Waals surface area contributed by atoms with Gasteiger partial charge in [0.15, 0.2) is 0 Å². The van der Waals surface area contributed by atoms with Gasteiger partial charge in [-0.15, -0.1) is 0 Å². The number of aromatic nitrogens is 2. The Balaban J connectivity index is 2.65. The molecule has 0 amide bonds. The molecule has 20 heavy (non-hydrogen) atoms. The summed E-state index contributed by atoms with van der Waals surface area (Å²) in [5.74, 6) is -8.17. The summed E-state index contributed by atoms with van der Waals surface area (Å²) < 4.78 is 45.3. The lowest BCUT2D eigenvalue weighted by Gasteiger charge is -2.29. The third-order valence-corrected chi connectivity index (χ3v) is 2.91. The maximum atomic E-state index is 14.4. The number of nitrogens with zero attached hydrogens (tertiary/aromatic N) is 2. The molecule has 0 saturated carbocycles. The van der Waals surface area contributed by atoms with Gasteiger partial charge in [-0.05, 0) is 0 Å². The van der Waals surface area contributed by atoms with E-state index in [2.05, 4.69) is 4.74 Å². The Morgan fingerprint density at radius 1 is 1.40 bits per heavy atom. The molecular weight excluding hydrogens is 289 g/mol. The van der Waals surface area contributed by atoms with E-state index < -0.39 is 46.7 Å². The second-order valence-corrected chi connectivity index (χ2v) is 4.11. The van der Waals surface area contributed by atoms with Crippen LogP contribution in [0.1, 0.15) is 0 Å². The van der Waals surface area contributed by atoms with Crippen molar-refractivity contribution in [2.75, 3.05) is 6.61 Å². The zero-order valence-electron chi connectivity index (χ0n) is 9.61. The highest BCUT2D eigenvalue weighted by atomic mass is 19.2. The van der Waals surface area contributed by atoms with E-state index in [4.69, 9.17) is 5.11 Å². The molecule has 1 aromatic heterocycles. The van der Waals surface area contributed by atoms with Crippen molar-refractivity contribution in [2.45, 2.75) is 24.0 Å². The minimum atomic E-state index is -4.15. The van der Waals surface area contributed by atoms with Crippen LogP contribution < -0.4 is 11.2 Å². The van der Waals surface area contributed by atoms with Crippen LogP contribution in [0.5, 0.6) is 0 Å². The van der Waals surface area contributed by atoms with E-state index in [-0.39, 0.29) is 4.57 Å². The van der Waals surface area contributed by atoms with Crippen LogP contribution >= 0.6 is 0 Å². The fourth-order valence-corrected chi connectivity index (χ4v) is 1.81. The van der Waals surface area contributed by atoms with Gasteiger partial charge in [0.2, 0.25) is 0 Å². The quantitative estimate of drug-likeness (QED) is 0.567. The van der Waals surface area contributed by atoms with Gasteiger partial charge in [0.25, 0.3) is 5.56 Å². The lowest BCUT2D eigenvalue weighted by molar-refractivity contribution is -0.326. The summed E-state index contributed by atoms with van der Waals surface area (Å²) in [5, 5.41) is 27.4. The standard InChI is InChI=1S/C9H9F3N2O6/c10-8(19)6(17)4(3-15)20-9(8,11)13-2-1-5(16)14(12)7(13)18/h1-2,4,6,15,17,19H,3H2/t4-,6-,8-,9+/m1/s1. The van der Waals surface area contributed by atoms with Gasteiger partial charge in [-0.2, -0.15) is 4.39 Å². The third-order valence-electron chi connectivity index (χ3n) is 2.91. The molecule has 4 atom stereocenters. The molecular formula is C9H9F3N2O6. The number of aliphatic hydroxyl groups excluding tert-OH is 2. The van der Waals surface area contributed by atoms with Crippen LogP contribution in [0, 0.1) is 0 Å². The first kappa shape index (κ1) is 14.7. The largest absolute Gasteiger partial charge is 0.394 e. The third kappa shape index (κ3) is 1.71. The summed E-state index contributed by atoms with van der Waals surface area (Å²) >= 11 is 0.